The van der Waals surface area contributed by atoms with Crippen molar-refractivity contribution < 1.29 is 13.2 Å². The van der Waals surface area contributed by atoms with E-state index < -0.39 is 16.1 Å². The molecule has 1 aromatic carbocycles. The molecule has 0 unspecified atom stereocenters. The summed E-state index contributed by atoms with van der Waals surface area (Å²) in [6, 6.07) is 6.52. The van der Waals surface area contributed by atoms with Crippen molar-refractivity contribution in [1.29, 1.82) is 0 Å². The molecule has 0 atom stereocenters. The van der Waals surface area contributed by atoms with E-state index in [4.69, 9.17) is 18.0 Å². The van der Waals surface area contributed by atoms with Gasteiger partial charge in [-0.05, 0) is 32.0 Å². The Bertz CT molecular complexity index is 934. The van der Waals surface area contributed by atoms with Crippen LogP contribution >= 0.6 is 11.6 Å². The molecule has 2 amide bonds. The number of terminal acetylenes is 1. The number of aryl methyl sites for hydroxylation is 2. The highest BCUT2D eigenvalue weighted by Gasteiger charge is 2.26. The molecule has 0 spiro atoms. The molecule has 0 aliphatic carbocycles. The molecule has 2 aromatic rings. The van der Waals surface area contributed by atoms with Gasteiger partial charge in [-0.3, -0.25) is 0 Å². The van der Waals surface area contributed by atoms with E-state index >= 15 is 0 Å². The van der Waals surface area contributed by atoms with Gasteiger partial charge in [-0.2, -0.15) is 0 Å². The number of amides is 2. The molecule has 0 bridgehead atoms. The highest BCUT2D eigenvalue weighted by Crippen LogP contribution is 2.20. The lowest BCUT2D eigenvalue weighted by molar-refractivity contribution is 0.251. The van der Waals surface area contributed by atoms with Gasteiger partial charge in [0.15, 0.2) is 0 Å². The monoisotopic (exact) mass is 378 g/mol. The van der Waals surface area contributed by atoms with Gasteiger partial charge < -0.3 is 0 Å². The van der Waals surface area contributed by atoms with Gasteiger partial charge in [0.1, 0.15) is 4.90 Å². The Kier molecular flexibility index (Phi) is 5.62. The minimum absolute atomic E-state index is 0.00560. The second-order valence-electron chi connectivity index (χ2n) is 5.08. The summed E-state index contributed by atoms with van der Waals surface area (Å²) in [5.41, 5.74) is 1.23. The lowest BCUT2D eigenvalue weighted by Crippen LogP contribution is -2.44. The molecule has 0 saturated heterocycles. The van der Waals surface area contributed by atoms with E-state index in [2.05, 4.69) is 15.9 Å². The van der Waals surface area contributed by atoms with Gasteiger partial charge in [-0.15, -0.1) is 6.42 Å². The predicted molar refractivity (Wildman–Crippen MR) is 94.9 cm³/mol. The second-order valence-corrected chi connectivity index (χ2v) is 7.14. The zero-order chi connectivity index (χ0) is 18.6. The lowest BCUT2D eigenvalue weighted by atomic mass is 10.3. The summed E-state index contributed by atoms with van der Waals surface area (Å²) in [4.78, 5) is 21.5. The Morgan fingerprint density at radius 2 is 1.88 bits per heavy atom. The summed E-state index contributed by atoms with van der Waals surface area (Å²) < 4.78 is 26.7. The summed E-state index contributed by atoms with van der Waals surface area (Å²) in [5.74, 6) is 2.30. The maximum Gasteiger partial charge on any atom is 0.339 e. The molecule has 1 aromatic heterocycles. The third kappa shape index (κ3) is 4.47. The first-order valence-corrected chi connectivity index (χ1v) is 8.95. The van der Waals surface area contributed by atoms with E-state index in [1.165, 1.54) is 18.2 Å². The Morgan fingerprint density at radius 1 is 1.28 bits per heavy atom. The van der Waals surface area contributed by atoms with Gasteiger partial charge in [-0.25, -0.2) is 32.8 Å². The second kappa shape index (κ2) is 7.51. The summed E-state index contributed by atoms with van der Waals surface area (Å²) in [5, 5.41) is -0.00560. The van der Waals surface area contributed by atoms with Crippen LogP contribution in [0.5, 0.6) is 0 Å². The van der Waals surface area contributed by atoms with Gasteiger partial charge >= 0.3 is 6.03 Å². The summed E-state index contributed by atoms with van der Waals surface area (Å²) in [7, 11) is -4.18. The number of nitrogens with zero attached hydrogens (tertiary/aromatic N) is 3. The van der Waals surface area contributed by atoms with Crippen molar-refractivity contribution in [2.24, 2.45) is 0 Å². The number of urea groups is 1. The van der Waals surface area contributed by atoms with Crippen LogP contribution in [0.1, 0.15) is 11.4 Å². The highest BCUT2D eigenvalue weighted by atomic mass is 35.5. The number of hydrogen-bond donors (Lipinski definition) is 1. The maximum atomic E-state index is 12.5. The van der Waals surface area contributed by atoms with Crippen LogP contribution in [-0.4, -0.2) is 31.0 Å². The third-order valence-electron chi connectivity index (χ3n) is 3.05. The Balaban J connectivity index is 2.35. The third-order valence-corrected chi connectivity index (χ3v) is 4.87. The van der Waals surface area contributed by atoms with Crippen LogP contribution in [0.4, 0.5) is 10.7 Å². The molecular formula is C16H15ClN4O3S. The number of rotatable bonds is 4. The minimum Gasteiger partial charge on any atom is -0.250 e. The molecule has 7 nitrogen and oxygen atoms in total. The number of aromatic nitrogens is 2. The number of sulfonamides is 1. The van der Waals surface area contributed by atoms with Gasteiger partial charge in [0, 0.05) is 11.4 Å². The quantitative estimate of drug-likeness (QED) is 0.824. The Labute approximate surface area is 151 Å². The van der Waals surface area contributed by atoms with E-state index in [1.807, 2.05) is 4.72 Å². The average molecular weight is 379 g/mol. The van der Waals surface area contributed by atoms with E-state index in [0.717, 1.165) is 4.90 Å². The first kappa shape index (κ1) is 18.7. The Hall–Kier alpha value is -2.63. The van der Waals surface area contributed by atoms with Crippen molar-refractivity contribution in [1.82, 2.24) is 14.7 Å². The fraction of sp³-hybridized carbons (Fsp3) is 0.188. The summed E-state index contributed by atoms with van der Waals surface area (Å²) in [6.07, 6.45) is 5.28. The maximum absolute atomic E-state index is 12.5. The zero-order valence-corrected chi connectivity index (χ0v) is 15.1. The number of anilines is 1. The first-order valence-electron chi connectivity index (χ1n) is 7.09. The SMILES string of the molecule is C#CCN(C(=O)NS(=O)(=O)c1ccccc1Cl)c1nc(C)cc(C)n1. The van der Waals surface area contributed by atoms with E-state index in [1.54, 1.807) is 26.0 Å². The van der Waals surface area contributed by atoms with Crippen LogP contribution < -0.4 is 9.62 Å². The van der Waals surface area contributed by atoms with Crippen LogP contribution in [0.25, 0.3) is 0 Å². The van der Waals surface area contributed by atoms with E-state index in [0.29, 0.717) is 11.4 Å². The van der Waals surface area contributed by atoms with Crippen molar-refractivity contribution >= 4 is 33.6 Å². The van der Waals surface area contributed by atoms with Crippen molar-refractivity contribution in [3.8, 4) is 12.3 Å². The number of carbonyl (C=O) groups is 1. The summed E-state index contributed by atoms with van der Waals surface area (Å²) >= 11 is 5.89. The van der Waals surface area contributed by atoms with Crippen molar-refractivity contribution in [2.45, 2.75) is 18.7 Å². The minimum atomic E-state index is -4.18. The molecule has 2 rings (SSSR count). The van der Waals surface area contributed by atoms with Gasteiger partial charge in [0.05, 0.1) is 11.6 Å². The lowest BCUT2D eigenvalue weighted by Gasteiger charge is -2.19. The molecule has 0 saturated carbocycles. The normalized spacial score (nSPS) is 10.8. The molecular weight excluding hydrogens is 364 g/mol. The molecule has 0 aliphatic heterocycles. The molecule has 1 heterocycles. The number of carbonyl (C=O) groups excluding carboxylic acids is 1. The predicted octanol–water partition coefficient (Wildman–Crippen LogP) is 2.28. The van der Waals surface area contributed by atoms with Crippen LogP contribution in [0, 0.1) is 26.2 Å². The fourth-order valence-corrected chi connectivity index (χ4v) is 3.51. The highest BCUT2D eigenvalue weighted by molar-refractivity contribution is 7.90. The number of halogens is 1. The number of hydrogen-bond acceptors (Lipinski definition) is 5. The van der Waals surface area contributed by atoms with Gasteiger partial charge in [-0.1, -0.05) is 29.7 Å². The van der Waals surface area contributed by atoms with Gasteiger partial charge in [0.2, 0.25) is 5.95 Å². The van der Waals surface area contributed by atoms with E-state index in [-0.39, 0.29) is 22.4 Å². The average Bonchev–Trinajstić information content (AvgIpc) is 2.51. The molecule has 130 valence electrons. The van der Waals surface area contributed by atoms with Crippen LogP contribution in [0.15, 0.2) is 35.2 Å². The van der Waals surface area contributed by atoms with Crippen LogP contribution in [0.2, 0.25) is 5.02 Å². The molecule has 25 heavy (non-hydrogen) atoms. The topological polar surface area (TPSA) is 92.3 Å². The molecule has 1 N–H and O–H groups in total. The zero-order valence-electron chi connectivity index (χ0n) is 13.5. The Morgan fingerprint density at radius 3 is 2.44 bits per heavy atom. The molecule has 0 fully saturated rings. The van der Waals surface area contributed by atoms with Crippen LogP contribution in [-0.2, 0) is 10.0 Å². The standard InChI is InChI=1S/C16H15ClN4O3S/c1-4-9-21(15-18-11(2)10-12(3)19-15)16(22)20-25(23,24)14-8-6-5-7-13(14)17/h1,5-8,10H,9H2,2-3H3,(H,20,22). The molecule has 0 aliphatic rings. The number of nitrogens with one attached hydrogen (secondary N) is 1. The number of benzene rings is 1. The fourth-order valence-electron chi connectivity index (χ4n) is 2.04. The molecule has 0 radical (unpaired) electrons. The smallest absolute Gasteiger partial charge is 0.250 e. The van der Waals surface area contributed by atoms with Crippen molar-refractivity contribution in [3.63, 3.8) is 0 Å². The molecule has 9 heteroatoms. The largest absolute Gasteiger partial charge is 0.339 e. The van der Waals surface area contributed by atoms with Crippen molar-refractivity contribution in [3.05, 3.63) is 46.7 Å². The van der Waals surface area contributed by atoms with Gasteiger partial charge in [0.25, 0.3) is 10.0 Å². The van der Waals surface area contributed by atoms with E-state index in [9.17, 15) is 13.2 Å². The summed E-state index contributed by atoms with van der Waals surface area (Å²) in [6.45, 7) is 3.25. The van der Waals surface area contributed by atoms with Crippen molar-refractivity contribution in [2.75, 3.05) is 11.4 Å². The first-order chi connectivity index (χ1) is 11.7. The van der Waals surface area contributed by atoms with Crippen LogP contribution in [0.3, 0.4) is 0 Å².